The van der Waals surface area contributed by atoms with Crippen LogP contribution in [0.25, 0.3) is 0 Å². The van der Waals surface area contributed by atoms with Crippen molar-refractivity contribution in [2.75, 3.05) is 5.73 Å². The predicted molar refractivity (Wildman–Crippen MR) is 36.2 cm³/mol. The van der Waals surface area contributed by atoms with Crippen LogP contribution in [-0.2, 0) is 0 Å². The van der Waals surface area contributed by atoms with Crippen LogP contribution in [-0.4, -0.2) is 16.0 Å². The maximum atomic E-state index is 5.41. The average Bonchev–Trinajstić information content (AvgIpc) is 1.77. The first kappa shape index (κ1) is 5.67. The van der Waals surface area contributed by atoms with Gasteiger partial charge in [0, 0.05) is 0 Å². The van der Waals surface area contributed by atoms with Gasteiger partial charge in [0.05, 0.1) is 0 Å². The number of hydrogen-bond acceptors (Lipinski definition) is 1. The van der Waals surface area contributed by atoms with Crippen molar-refractivity contribution in [2.24, 2.45) is 0 Å². The molecule has 0 spiro atoms. The van der Waals surface area contributed by atoms with Crippen LogP contribution in [0.5, 0.6) is 0 Å². The van der Waals surface area contributed by atoms with E-state index in [9.17, 15) is 0 Å². The van der Waals surface area contributed by atoms with Gasteiger partial charge in [0.15, 0.2) is 0 Å². The van der Waals surface area contributed by atoms with Gasteiger partial charge in [0.1, 0.15) is 0 Å². The van der Waals surface area contributed by atoms with Crippen LogP contribution in [0, 0.1) is 0 Å². The van der Waals surface area contributed by atoms with E-state index >= 15 is 0 Å². The van der Waals surface area contributed by atoms with Gasteiger partial charge in [-0.3, -0.25) is 0 Å². The molecule has 0 saturated carbocycles. The molecule has 1 nitrogen and oxygen atoms in total. The van der Waals surface area contributed by atoms with E-state index in [1.165, 1.54) is 0 Å². The molecule has 1 aromatic rings. The summed E-state index contributed by atoms with van der Waals surface area (Å²) < 4.78 is 1.12. The van der Waals surface area contributed by atoms with E-state index in [1.807, 2.05) is 24.3 Å². The Labute approximate surface area is 56.7 Å². The second-order valence-electron chi connectivity index (χ2n) is 1.57. The fraction of sp³-hybridized carbons (Fsp3) is 0. The first-order valence-corrected chi connectivity index (χ1v) is 3.17. The number of nitrogens with two attached hydrogens (primary N) is 1. The summed E-state index contributed by atoms with van der Waals surface area (Å²) in [5.41, 5.74) is 6.22. The zero-order chi connectivity index (χ0) is 5.98. The fourth-order valence-electron chi connectivity index (χ4n) is 0.468. The standard InChI is InChI=1S/C6H6NSe/c7-5-1-3-6(8)4-2-5/h1-4H,7H2. The van der Waals surface area contributed by atoms with E-state index in [0.29, 0.717) is 0 Å². The Balaban J connectivity index is 3.03. The first-order valence-electron chi connectivity index (χ1n) is 2.31. The summed E-state index contributed by atoms with van der Waals surface area (Å²) in [5, 5.41) is 0. The monoisotopic (exact) mass is 172 g/mol. The molecule has 0 aliphatic heterocycles. The Kier molecular flexibility index (Phi) is 1.56. The Morgan fingerprint density at radius 1 is 1.12 bits per heavy atom. The van der Waals surface area contributed by atoms with Gasteiger partial charge in [0.2, 0.25) is 0 Å². The topological polar surface area (TPSA) is 26.0 Å². The molecular formula is C6H6NSe. The van der Waals surface area contributed by atoms with Crippen molar-refractivity contribution in [1.29, 1.82) is 0 Å². The van der Waals surface area contributed by atoms with E-state index in [1.54, 1.807) is 0 Å². The molecule has 2 N–H and O–H groups in total. The minimum atomic E-state index is 0.809. The molecule has 0 aliphatic rings. The predicted octanol–water partition coefficient (Wildman–Crippen LogP) is 0.0626. The molecule has 8 heavy (non-hydrogen) atoms. The zero-order valence-corrected chi connectivity index (χ0v) is 6.01. The summed E-state index contributed by atoms with van der Waals surface area (Å²) in [7, 11) is 0. The number of anilines is 1. The summed E-state index contributed by atoms with van der Waals surface area (Å²) in [6.07, 6.45) is 0. The summed E-state index contributed by atoms with van der Waals surface area (Å²) in [6.45, 7) is 0. The molecule has 0 saturated heterocycles. The molecule has 0 fully saturated rings. The third-order valence-corrected chi connectivity index (χ3v) is 1.45. The fourth-order valence-corrected chi connectivity index (χ4v) is 0.753. The summed E-state index contributed by atoms with van der Waals surface area (Å²) in [4.78, 5) is 0. The van der Waals surface area contributed by atoms with Crippen molar-refractivity contribution in [2.45, 2.75) is 0 Å². The molecule has 0 aromatic heterocycles. The van der Waals surface area contributed by atoms with Crippen molar-refractivity contribution >= 4 is 26.2 Å². The van der Waals surface area contributed by atoms with Gasteiger partial charge in [-0.05, 0) is 0 Å². The molecule has 1 radical (unpaired) electrons. The van der Waals surface area contributed by atoms with Gasteiger partial charge in [-0.25, -0.2) is 0 Å². The Morgan fingerprint density at radius 2 is 1.62 bits per heavy atom. The van der Waals surface area contributed by atoms with Crippen LogP contribution in [0.3, 0.4) is 0 Å². The van der Waals surface area contributed by atoms with Gasteiger partial charge < -0.3 is 0 Å². The zero-order valence-electron chi connectivity index (χ0n) is 4.29. The summed E-state index contributed by atoms with van der Waals surface area (Å²) >= 11 is 2.87. The molecule has 1 rings (SSSR count). The SMILES string of the molecule is Nc1ccc([Se])cc1. The van der Waals surface area contributed by atoms with Crippen molar-refractivity contribution in [3.8, 4) is 0 Å². The van der Waals surface area contributed by atoms with Gasteiger partial charge in [-0.1, -0.05) is 0 Å². The quantitative estimate of drug-likeness (QED) is 0.433. The van der Waals surface area contributed by atoms with Crippen LogP contribution >= 0.6 is 0 Å². The first-order chi connectivity index (χ1) is 3.79. The van der Waals surface area contributed by atoms with Crippen molar-refractivity contribution < 1.29 is 0 Å². The minimum absolute atomic E-state index is 0.809. The van der Waals surface area contributed by atoms with Gasteiger partial charge in [-0.15, -0.1) is 0 Å². The second-order valence-corrected chi connectivity index (χ2v) is 2.56. The molecule has 0 aliphatic carbocycles. The van der Waals surface area contributed by atoms with Crippen LogP contribution < -0.4 is 10.2 Å². The Bertz CT molecular complexity index is 147. The van der Waals surface area contributed by atoms with Crippen molar-refractivity contribution in [1.82, 2.24) is 0 Å². The molecular weight excluding hydrogens is 165 g/mol. The van der Waals surface area contributed by atoms with E-state index in [0.717, 1.165) is 10.1 Å². The molecule has 41 valence electrons. The van der Waals surface area contributed by atoms with Crippen molar-refractivity contribution in [3.05, 3.63) is 24.3 Å². The average molecular weight is 171 g/mol. The molecule has 2 heteroatoms. The number of nitrogen functional groups attached to an aromatic ring is 1. The van der Waals surface area contributed by atoms with E-state index < -0.39 is 0 Å². The van der Waals surface area contributed by atoms with E-state index in [4.69, 9.17) is 5.73 Å². The van der Waals surface area contributed by atoms with Gasteiger partial charge in [0.25, 0.3) is 0 Å². The second kappa shape index (κ2) is 2.21. The molecule has 0 heterocycles. The molecule has 0 unspecified atom stereocenters. The Hall–Kier alpha value is -0.461. The number of benzene rings is 1. The molecule has 0 amide bonds. The maximum absolute atomic E-state index is 5.41. The van der Waals surface area contributed by atoms with Crippen molar-refractivity contribution in [3.63, 3.8) is 0 Å². The van der Waals surface area contributed by atoms with Crippen LogP contribution in [0.2, 0.25) is 0 Å². The van der Waals surface area contributed by atoms with Gasteiger partial charge >= 0.3 is 56.2 Å². The van der Waals surface area contributed by atoms with E-state index in [2.05, 4.69) is 16.0 Å². The number of rotatable bonds is 0. The van der Waals surface area contributed by atoms with E-state index in [-0.39, 0.29) is 0 Å². The third-order valence-electron chi connectivity index (χ3n) is 0.880. The van der Waals surface area contributed by atoms with Crippen LogP contribution in [0.15, 0.2) is 24.3 Å². The summed E-state index contributed by atoms with van der Waals surface area (Å²) in [6, 6.07) is 7.61. The normalized spacial score (nSPS) is 9.00. The summed E-state index contributed by atoms with van der Waals surface area (Å²) in [5.74, 6) is 0. The van der Waals surface area contributed by atoms with Crippen LogP contribution in [0.1, 0.15) is 0 Å². The molecule has 0 atom stereocenters. The van der Waals surface area contributed by atoms with Gasteiger partial charge in [-0.2, -0.15) is 0 Å². The third kappa shape index (κ3) is 1.25. The van der Waals surface area contributed by atoms with Crippen LogP contribution in [0.4, 0.5) is 5.69 Å². The number of hydrogen-bond donors (Lipinski definition) is 1. The Morgan fingerprint density at radius 3 is 2.00 bits per heavy atom. The molecule has 0 bridgehead atoms. The molecule has 1 aromatic carbocycles.